The van der Waals surface area contributed by atoms with Gasteiger partial charge in [-0.25, -0.2) is 14.2 Å². The average Bonchev–Trinajstić information content (AvgIpc) is 3.05. The highest BCUT2D eigenvalue weighted by Crippen LogP contribution is 2.27. The normalized spacial score (nSPS) is 10.7. The van der Waals surface area contributed by atoms with E-state index in [2.05, 4.69) is 15.6 Å². The molecule has 3 aromatic rings. The van der Waals surface area contributed by atoms with Gasteiger partial charge in [-0.3, -0.25) is 5.32 Å². The van der Waals surface area contributed by atoms with Crippen LogP contribution in [0.1, 0.15) is 4.88 Å². The minimum Gasteiger partial charge on any atom is -0.333 e. The van der Waals surface area contributed by atoms with E-state index in [1.165, 1.54) is 17.4 Å². The molecule has 0 saturated carbocycles. The van der Waals surface area contributed by atoms with Gasteiger partial charge in [-0.1, -0.05) is 23.5 Å². The van der Waals surface area contributed by atoms with Gasteiger partial charge in [0.2, 0.25) is 0 Å². The lowest BCUT2D eigenvalue weighted by Gasteiger charge is -2.03. The fourth-order valence-corrected chi connectivity index (χ4v) is 3.21. The summed E-state index contributed by atoms with van der Waals surface area (Å²) in [6.07, 6.45) is 0. The Bertz CT molecular complexity index is 739. The topological polar surface area (TPSA) is 54.0 Å². The summed E-state index contributed by atoms with van der Waals surface area (Å²) >= 11 is 2.81. The van der Waals surface area contributed by atoms with Crippen molar-refractivity contribution in [3.05, 3.63) is 46.4 Å². The number of hydrogen-bond acceptors (Lipinski definition) is 4. The van der Waals surface area contributed by atoms with Crippen LogP contribution in [0.15, 0.2) is 35.7 Å². The van der Waals surface area contributed by atoms with Crippen LogP contribution in [-0.2, 0) is 6.54 Å². The van der Waals surface area contributed by atoms with Gasteiger partial charge in [0.05, 0.1) is 11.2 Å². The number of nitrogens with zero attached hydrogens (tertiary/aromatic N) is 1. The van der Waals surface area contributed by atoms with E-state index in [1.807, 2.05) is 17.5 Å². The molecule has 0 aliphatic carbocycles. The molecule has 0 bridgehead atoms. The summed E-state index contributed by atoms with van der Waals surface area (Å²) in [5.74, 6) is -0.384. The number of nitrogens with one attached hydrogen (secondary N) is 2. The number of aromatic nitrogens is 1. The number of thiophene rings is 1. The minimum atomic E-state index is -0.384. The Kier molecular flexibility index (Phi) is 3.62. The van der Waals surface area contributed by atoms with Gasteiger partial charge >= 0.3 is 6.03 Å². The number of halogens is 1. The third kappa shape index (κ3) is 2.78. The van der Waals surface area contributed by atoms with E-state index in [9.17, 15) is 9.18 Å². The number of amides is 2. The lowest BCUT2D eigenvalue weighted by Crippen LogP contribution is -2.27. The smallest absolute Gasteiger partial charge is 0.321 e. The second kappa shape index (κ2) is 5.56. The molecule has 0 unspecified atom stereocenters. The quantitative estimate of drug-likeness (QED) is 0.773. The van der Waals surface area contributed by atoms with Crippen LogP contribution in [0.3, 0.4) is 0 Å². The maximum absolute atomic E-state index is 13.5. The predicted octanol–water partition coefficient (Wildman–Crippen LogP) is 3.82. The maximum atomic E-state index is 13.5. The molecule has 0 radical (unpaired) electrons. The molecule has 0 aliphatic heterocycles. The van der Waals surface area contributed by atoms with Crippen molar-refractivity contribution in [2.75, 3.05) is 5.32 Å². The summed E-state index contributed by atoms with van der Waals surface area (Å²) in [4.78, 5) is 16.9. The predicted molar refractivity (Wildman–Crippen MR) is 79.8 cm³/mol. The fourth-order valence-electron chi connectivity index (χ4n) is 1.69. The SMILES string of the molecule is O=C(NCc1cccs1)Nc1nc2c(F)cccc2s1. The molecule has 4 nitrogen and oxygen atoms in total. The van der Waals surface area contributed by atoms with E-state index in [1.54, 1.807) is 23.5 Å². The lowest BCUT2D eigenvalue weighted by molar-refractivity contribution is 0.252. The van der Waals surface area contributed by atoms with Crippen LogP contribution in [0.4, 0.5) is 14.3 Å². The highest BCUT2D eigenvalue weighted by Gasteiger charge is 2.10. The number of fused-ring (bicyclic) bond motifs is 1. The standard InChI is InChI=1S/C13H10FN3OS2/c14-9-4-1-5-10-11(9)16-13(20-10)17-12(18)15-7-8-3-2-6-19-8/h1-6H,7H2,(H2,15,16,17,18). The largest absolute Gasteiger partial charge is 0.333 e. The number of hydrogen-bond donors (Lipinski definition) is 2. The molecule has 2 heterocycles. The van der Waals surface area contributed by atoms with Crippen molar-refractivity contribution >= 4 is 44.1 Å². The van der Waals surface area contributed by atoms with Gasteiger partial charge in [-0.05, 0) is 23.6 Å². The zero-order valence-corrected chi connectivity index (χ0v) is 11.9. The molecule has 0 atom stereocenters. The molecule has 2 amide bonds. The summed E-state index contributed by atoms with van der Waals surface area (Å²) in [6.45, 7) is 0.461. The molecule has 2 N–H and O–H groups in total. The van der Waals surface area contributed by atoms with Gasteiger partial charge < -0.3 is 5.32 Å². The van der Waals surface area contributed by atoms with Gasteiger partial charge in [0.25, 0.3) is 0 Å². The Labute approximate surface area is 122 Å². The van der Waals surface area contributed by atoms with Crippen molar-refractivity contribution in [2.24, 2.45) is 0 Å². The Balaban J connectivity index is 1.66. The van der Waals surface area contributed by atoms with Gasteiger partial charge in [0.15, 0.2) is 5.13 Å². The van der Waals surface area contributed by atoms with Crippen LogP contribution in [0, 0.1) is 5.82 Å². The van der Waals surface area contributed by atoms with Crippen LogP contribution in [0.5, 0.6) is 0 Å². The van der Waals surface area contributed by atoms with Gasteiger partial charge in [0.1, 0.15) is 11.3 Å². The molecule has 2 aromatic heterocycles. The fraction of sp³-hybridized carbons (Fsp3) is 0.0769. The van der Waals surface area contributed by atoms with Gasteiger partial charge in [-0.15, -0.1) is 11.3 Å². The Hall–Kier alpha value is -1.99. The van der Waals surface area contributed by atoms with E-state index < -0.39 is 0 Å². The molecule has 0 aliphatic rings. The van der Waals surface area contributed by atoms with Crippen LogP contribution in [0.2, 0.25) is 0 Å². The summed E-state index contributed by atoms with van der Waals surface area (Å²) in [6, 6.07) is 8.26. The third-order valence-corrected chi connectivity index (χ3v) is 4.41. The monoisotopic (exact) mass is 307 g/mol. The highest BCUT2D eigenvalue weighted by molar-refractivity contribution is 7.22. The molecule has 0 spiro atoms. The van der Waals surface area contributed by atoms with Gasteiger partial charge in [0, 0.05) is 4.88 Å². The van der Waals surface area contributed by atoms with Crippen molar-refractivity contribution in [1.29, 1.82) is 0 Å². The maximum Gasteiger partial charge on any atom is 0.321 e. The zero-order chi connectivity index (χ0) is 13.9. The molecule has 20 heavy (non-hydrogen) atoms. The number of carbonyl (C=O) groups excluding carboxylic acids is 1. The molecule has 3 rings (SSSR count). The van der Waals surface area contributed by atoms with Crippen LogP contribution < -0.4 is 10.6 Å². The first-order chi connectivity index (χ1) is 9.72. The first-order valence-corrected chi connectivity index (χ1v) is 7.54. The van der Waals surface area contributed by atoms with Crippen LogP contribution in [0.25, 0.3) is 10.2 Å². The van der Waals surface area contributed by atoms with E-state index in [-0.39, 0.29) is 17.4 Å². The number of urea groups is 1. The third-order valence-electron chi connectivity index (χ3n) is 2.59. The summed E-state index contributed by atoms with van der Waals surface area (Å²) in [5.41, 5.74) is 0.283. The molecule has 7 heteroatoms. The van der Waals surface area contributed by atoms with Crippen molar-refractivity contribution in [3.63, 3.8) is 0 Å². The molecule has 102 valence electrons. The van der Waals surface area contributed by atoms with Crippen molar-refractivity contribution in [3.8, 4) is 0 Å². The molecule has 0 fully saturated rings. The lowest BCUT2D eigenvalue weighted by atomic mass is 10.3. The molecular weight excluding hydrogens is 297 g/mol. The van der Waals surface area contributed by atoms with Gasteiger partial charge in [-0.2, -0.15) is 0 Å². The number of thiazole rings is 1. The Morgan fingerprint density at radius 3 is 2.95 bits per heavy atom. The number of anilines is 1. The van der Waals surface area contributed by atoms with E-state index in [0.29, 0.717) is 16.4 Å². The van der Waals surface area contributed by atoms with E-state index in [0.717, 1.165) is 4.88 Å². The first kappa shape index (κ1) is 13.0. The number of carbonyl (C=O) groups is 1. The minimum absolute atomic E-state index is 0.283. The number of rotatable bonds is 3. The first-order valence-electron chi connectivity index (χ1n) is 5.84. The van der Waals surface area contributed by atoms with Crippen molar-refractivity contribution < 1.29 is 9.18 Å². The van der Waals surface area contributed by atoms with Crippen LogP contribution in [-0.4, -0.2) is 11.0 Å². The van der Waals surface area contributed by atoms with E-state index in [4.69, 9.17) is 0 Å². The highest BCUT2D eigenvalue weighted by atomic mass is 32.1. The van der Waals surface area contributed by atoms with Crippen molar-refractivity contribution in [2.45, 2.75) is 6.54 Å². The van der Waals surface area contributed by atoms with Crippen molar-refractivity contribution in [1.82, 2.24) is 10.3 Å². The molecule has 0 saturated heterocycles. The van der Waals surface area contributed by atoms with Crippen LogP contribution >= 0.6 is 22.7 Å². The second-order valence-electron chi connectivity index (χ2n) is 3.99. The summed E-state index contributed by atoms with van der Waals surface area (Å²) < 4.78 is 14.2. The Morgan fingerprint density at radius 2 is 2.20 bits per heavy atom. The average molecular weight is 307 g/mol. The number of para-hydroxylation sites is 1. The molecular formula is C13H10FN3OS2. The zero-order valence-electron chi connectivity index (χ0n) is 10.2. The molecule has 1 aromatic carbocycles. The summed E-state index contributed by atoms with van der Waals surface area (Å²) in [7, 11) is 0. The number of benzene rings is 1. The van der Waals surface area contributed by atoms with E-state index >= 15 is 0 Å². The summed E-state index contributed by atoms with van der Waals surface area (Å²) in [5, 5.41) is 7.67. The Morgan fingerprint density at radius 1 is 1.30 bits per heavy atom. The second-order valence-corrected chi connectivity index (χ2v) is 6.06.